The van der Waals surface area contributed by atoms with Crippen molar-refractivity contribution in [3.05, 3.63) is 0 Å². The van der Waals surface area contributed by atoms with Crippen LogP contribution in [0.1, 0.15) is 33.6 Å². The maximum absolute atomic E-state index is 11.5. The van der Waals surface area contributed by atoms with E-state index in [1.807, 2.05) is 6.92 Å². The Morgan fingerprint density at radius 2 is 2.00 bits per heavy atom. The third-order valence-corrected chi connectivity index (χ3v) is 2.62. The highest BCUT2D eigenvalue weighted by Crippen LogP contribution is 2.15. The highest BCUT2D eigenvalue weighted by atomic mass is 16.1. The van der Waals surface area contributed by atoms with Crippen LogP contribution < -0.4 is 10.9 Å². The van der Waals surface area contributed by atoms with Gasteiger partial charge in [-0.2, -0.15) is 0 Å². The van der Waals surface area contributed by atoms with Crippen molar-refractivity contribution < 1.29 is 4.79 Å². The lowest BCUT2D eigenvalue weighted by atomic mass is 9.93. The molecule has 0 spiro atoms. The Labute approximate surface area is 73.9 Å². The molecule has 3 heteroatoms. The molecule has 0 amide bonds. The first kappa shape index (κ1) is 9.68. The largest absolute Gasteiger partial charge is 0.298 e. The van der Waals surface area contributed by atoms with Gasteiger partial charge in [-0.15, -0.1) is 0 Å². The molecular formula is C9H18N2O. The summed E-state index contributed by atoms with van der Waals surface area (Å²) in [5, 5.41) is 0. The van der Waals surface area contributed by atoms with E-state index in [0.29, 0.717) is 24.2 Å². The van der Waals surface area contributed by atoms with E-state index in [9.17, 15) is 4.79 Å². The number of rotatable bonds is 3. The lowest BCUT2D eigenvalue weighted by Gasteiger charge is -2.13. The fourth-order valence-electron chi connectivity index (χ4n) is 1.55. The second kappa shape index (κ2) is 4.01. The first-order valence-corrected chi connectivity index (χ1v) is 4.70. The van der Waals surface area contributed by atoms with Crippen molar-refractivity contribution in [3.8, 4) is 0 Å². The van der Waals surface area contributed by atoms with Gasteiger partial charge in [-0.3, -0.25) is 10.2 Å². The first-order valence-electron chi connectivity index (χ1n) is 4.70. The van der Waals surface area contributed by atoms with Crippen LogP contribution in [0.25, 0.3) is 0 Å². The van der Waals surface area contributed by atoms with Crippen LogP contribution in [0, 0.1) is 5.92 Å². The fraction of sp³-hybridized carbons (Fsp3) is 0.889. The van der Waals surface area contributed by atoms with Crippen LogP contribution in [0.15, 0.2) is 0 Å². The van der Waals surface area contributed by atoms with Crippen LogP contribution in [-0.2, 0) is 4.79 Å². The van der Waals surface area contributed by atoms with Gasteiger partial charge in [0.05, 0.1) is 6.04 Å². The molecule has 0 bridgehead atoms. The van der Waals surface area contributed by atoms with E-state index in [4.69, 9.17) is 0 Å². The molecule has 3 atom stereocenters. The average molecular weight is 170 g/mol. The van der Waals surface area contributed by atoms with Gasteiger partial charge in [-0.05, 0) is 19.3 Å². The molecule has 1 rings (SSSR count). The zero-order chi connectivity index (χ0) is 9.14. The summed E-state index contributed by atoms with van der Waals surface area (Å²) in [5.41, 5.74) is 6.13. The average Bonchev–Trinajstić information content (AvgIpc) is 2.34. The van der Waals surface area contributed by atoms with Crippen LogP contribution in [0.5, 0.6) is 0 Å². The number of hydrogen-bond donors (Lipinski definition) is 2. The molecule has 1 aliphatic heterocycles. The van der Waals surface area contributed by atoms with Crippen LogP contribution in [-0.4, -0.2) is 17.9 Å². The number of ketones is 1. The van der Waals surface area contributed by atoms with E-state index in [0.717, 1.165) is 6.42 Å². The number of carbonyl (C=O) groups is 1. The normalized spacial score (nSPS) is 35.4. The summed E-state index contributed by atoms with van der Waals surface area (Å²) in [5.74, 6) is 0.742. The summed E-state index contributed by atoms with van der Waals surface area (Å²) in [6.07, 6.45) is 1.63. The second-order valence-electron chi connectivity index (χ2n) is 3.63. The lowest BCUT2D eigenvalue weighted by molar-refractivity contribution is -0.121. The predicted molar refractivity (Wildman–Crippen MR) is 48.6 cm³/mol. The maximum atomic E-state index is 11.5. The molecule has 0 aromatic rings. The molecule has 0 aromatic carbocycles. The van der Waals surface area contributed by atoms with Crippen molar-refractivity contribution in [3.63, 3.8) is 0 Å². The summed E-state index contributed by atoms with van der Waals surface area (Å²) >= 11 is 0. The molecule has 1 fully saturated rings. The highest BCUT2D eigenvalue weighted by Gasteiger charge is 2.33. The molecule has 0 radical (unpaired) electrons. The van der Waals surface area contributed by atoms with Crippen LogP contribution in [0.3, 0.4) is 0 Å². The van der Waals surface area contributed by atoms with E-state index >= 15 is 0 Å². The van der Waals surface area contributed by atoms with Crippen molar-refractivity contribution in [1.29, 1.82) is 0 Å². The van der Waals surface area contributed by atoms with E-state index in [-0.39, 0.29) is 6.04 Å². The zero-order valence-corrected chi connectivity index (χ0v) is 8.05. The van der Waals surface area contributed by atoms with Crippen molar-refractivity contribution >= 4 is 5.78 Å². The SMILES string of the molecule is CCCC(=O)C1NNC(C)C1C. The molecule has 3 unspecified atom stereocenters. The van der Waals surface area contributed by atoms with E-state index in [1.54, 1.807) is 0 Å². The van der Waals surface area contributed by atoms with Crippen molar-refractivity contribution in [2.24, 2.45) is 5.92 Å². The van der Waals surface area contributed by atoms with Crippen LogP contribution in [0.4, 0.5) is 0 Å². The molecular weight excluding hydrogens is 152 g/mol. The summed E-state index contributed by atoms with van der Waals surface area (Å²) < 4.78 is 0. The quantitative estimate of drug-likeness (QED) is 0.660. The lowest BCUT2D eigenvalue weighted by Crippen LogP contribution is -2.38. The Balaban J connectivity index is 2.47. The first-order chi connectivity index (χ1) is 5.66. The van der Waals surface area contributed by atoms with Crippen molar-refractivity contribution in [2.45, 2.75) is 45.7 Å². The minimum atomic E-state index is 0.0277. The van der Waals surface area contributed by atoms with E-state index in [2.05, 4.69) is 24.7 Å². The number of nitrogens with one attached hydrogen (secondary N) is 2. The van der Waals surface area contributed by atoms with Gasteiger partial charge in [0.15, 0.2) is 5.78 Å². The Hall–Kier alpha value is -0.410. The van der Waals surface area contributed by atoms with Crippen molar-refractivity contribution in [1.82, 2.24) is 10.9 Å². The molecule has 70 valence electrons. The van der Waals surface area contributed by atoms with Gasteiger partial charge in [0.25, 0.3) is 0 Å². The molecule has 3 nitrogen and oxygen atoms in total. The summed E-state index contributed by atoms with van der Waals surface area (Å²) in [4.78, 5) is 11.5. The zero-order valence-electron chi connectivity index (χ0n) is 8.05. The standard InChI is InChI=1S/C9H18N2O/c1-4-5-8(12)9-6(2)7(3)10-11-9/h6-7,9-11H,4-5H2,1-3H3. The third-order valence-electron chi connectivity index (χ3n) is 2.62. The van der Waals surface area contributed by atoms with Gasteiger partial charge in [0.1, 0.15) is 0 Å². The molecule has 2 N–H and O–H groups in total. The topological polar surface area (TPSA) is 41.1 Å². The van der Waals surface area contributed by atoms with E-state index < -0.39 is 0 Å². The smallest absolute Gasteiger partial charge is 0.151 e. The molecule has 0 aliphatic carbocycles. The van der Waals surface area contributed by atoms with E-state index in [1.165, 1.54) is 0 Å². The number of Topliss-reactive ketones (excluding diaryl/α,β-unsaturated/α-hetero) is 1. The second-order valence-corrected chi connectivity index (χ2v) is 3.63. The Bertz CT molecular complexity index is 170. The molecule has 1 aliphatic rings. The highest BCUT2D eigenvalue weighted by molar-refractivity contribution is 5.84. The summed E-state index contributed by atoms with van der Waals surface area (Å²) in [6.45, 7) is 6.24. The monoisotopic (exact) mass is 170 g/mol. The summed E-state index contributed by atoms with van der Waals surface area (Å²) in [6, 6.07) is 0.427. The number of carbonyl (C=O) groups excluding carboxylic acids is 1. The molecule has 12 heavy (non-hydrogen) atoms. The fourth-order valence-corrected chi connectivity index (χ4v) is 1.55. The van der Waals surface area contributed by atoms with Gasteiger partial charge in [-0.25, -0.2) is 5.43 Å². The molecule has 0 saturated carbocycles. The minimum Gasteiger partial charge on any atom is -0.298 e. The van der Waals surface area contributed by atoms with Crippen LogP contribution >= 0.6 is 0 Å². The Kier molecular flexibility index (Phi) is 3.23. The Morgan fingerprint density at radius 1 is 1.33 bits per heavy atom. The Morgan fingerprint density at radius 3 is 2.42 bits per heavy atom. The molecule has 1 saturated heterocycles. The van der Waals surface area contributed by atoms with Crippen LogP contribution in [0.2, 0.25) is 0 Å². The third kappa shape index (κ3) is 1.84. The molecule has 1 heterocycles. The van der Waals surface area contributed by atoms with Gasteiger partial charge >= 0.3 is 0 Å². The number of hydrogen-bond acceptors (Lipinski definition) is 3. The predicted octanol–water partition coefficient (Wildman–Crippen LogP) is 0.857. The summed E-state index contributed by atoms with van der Waals surface area (Å²) in [7, 11) is 0. The van der Waals surface area contributed by atoms with Crippen molar-refractivity contribution in [2.75, 3.05) is 0 Å². The minimum absolute atomic E-state index is 0.0277. The molecule has 0 aromatic heterocycles. The van der Waals surface area contributed by atoms with Gasteiger partial charge in [0.2, 0.25) is 0 Å². The van der Waals surface area contributed by atoms with Gasteiger partial charge < -0.3 is 0 Å². The van der Waals surface area contributed by atoms with Gasteiger partial charge in [-0.1, -0.05) is 13.8 Å². The van der Waals surface area contributed by atoms with Gasteiger partial charge in [0, 0.05) is 12.5 Å². The number of hydrazine groups is 1. The maximum Gasteiger partial charge on any atom is 0.151 e.